The van der Waals surface area contributed by atoms with E-state index in [0.717, 1.165) is 18.9 Å². The summed E-state index contributed by atoms with van der Waals surface area (Å²) in [6.07, 6.45) is 4.20. The van der Waals surface area contributed by atoms with Gasteiger partial charge in [0.25, 0.3) is 0 Å². The molecule has 3 atom stereocenters. The van der Waals surface area contributed by atoms with Crippen LogP contribution in [-0.4, -0.2) is 32.4 Å². The van der Waals surface area contributed by atoms with Crippen LogP contribution in [0.2, 0.25) is 0 Å². The minimum atomic E-state index is 0.262. The highest BCUT2D eigenvalue weighted by atomic mass is 16.5. The van der Waals surface area contributed by atoms with Crippen molar-refractivity contribution in [3.05, 3.63) is 29.8 Å². The van der Waals surface area contributed by atoms with Crippen LogP contribution in [0.15, 0.2) is 24.3 Å². The molecule has 2 aliphatic carbocycles. The van der Waals surface area contributed by atoms with Crippen LogP contribution in [0, 0.1) is 11.3 Å². The molecule has 1 N–H and O–H groups in total. The highest BCUT2D eigenvalue weighted by Gasteiger charge is 2.59. The number of hydrogen-bond donors (Lipinski definition) is 1. The Morgan fingerprint density at radius 3 is 2.77 bits per heavy atom. The van der Waals surface area contributed by atoms with E-state index in [-0.39, 0.29) is 10.8 Å². The second kappa shape index (κ2) is 4.97. The van der Waals surface area contributed by atoms with Crippen molar-refractivity contribution in [2.75, 3.05) is 20.3 Å². The van der Waals surface area contributed by atoms with E-state index in [1.165, 1.54) is 24.8 Å². The molecule has 1 heterocycles. The first-order valence-electron chi connectivity index (χ1n) is 8.57. The van der Waals surface area contributed by atoms with Crippen LogP contribution in [0.5, 0.6) is 5.75 Å². The zero-order valence-electron chi connectivity index (χ0n) is 13.9. The van der Waals surface area contributed by atoms with Gasteiger partial charge in [-0.2, -0.15) is 0 Å². The summed E-state index contributed by atoms with van der Waals surface area (Å²) in [5.74, 6) is 1.75. The maximum Gasteiger partial charge on any atom is 0.122 e. The normalized spacial score (nSPS) is 33.9. The van der Waals surface area contributed by atoms with E-state index < -0.39 is 0 Å². The summed E-state index contributed by atoms with van der Waals surface area (Å²) in [5, 5.41) is 3.90. The highest BCUT2D eigenvalue weighted by Crippen LogP contribution is 2.54. The van der Waals surface area contributed by atoms with Crippen LogP contribution in [0.1, 0.15) is 38.7 Å². The number of ether oxygens (including phenoxy) is 2. The van der Waals surface area contributed by atoms with Crippen molar-refractivity contribution in [1.82, 2.24) is 5.32 Å². The summed E-state index contributed by atoms with van der Waals surface area (Å²) in [7, 11) is 1.78. The number of hydrogen-bond acceptors (Lipinski definition) is 3. The summed E-state index contributed by atoms with van der Waals surface area (Å²) in [5.41, 5.74) is 1.92. The SMILES string of the molecule is COc1ccccc1C1(CN[C@@H]2[C@@H]3CCO[C@@H]3C2(C)C)CC1. The maximum absolute atomic E-state index is 5.91. The number of rotatable bonds is 5. The number of para-hydroxylation sites is 1. The number of fused-ring (bicyclic) bond motifs is 1. The lowest BCUT2D eigenvalue weighted by Crippen LogP contribution is -2.66. The Hall–Kier alpha value is -1.06. The second-order valence-electron chi connectivity index (χ2n) is 7.90. The predicted octanol–water partition coefficient (Wildman–Crippen LogP) is 3.13. The number of benzene rings is 1. The minimum absolute atomic E-state index is 0.262. The zero-order valence-corrected chi connectivity index (χ0v) is 13.9. The molecule has 0 aromatic heterocycles. The molecule has 1 aliphatic heterocycles. The third-order valence-corrected chi connectivity index (χ3v) is 6.29. The number of nitrogens with one attached hydrogen (secondary N) is 1. The van der Waals surface area contributed by atoms with Gasteiger partial charge in [-0.3, -0.25) is 0 Å². The summed E-state index contributed by atoms with van der Waals surface area (Å²) < 4.78 is 11.5. The lowest BCUT2D eigenvalue weighted by Gasteiger charge is -2.55. The average molecular weight is 301 g/mol. The molecule has 120 valence electrons. The molecule has 0 spiro atoms. The van der Waals surface area contributed by atoms with Crippen molar-refractivity contribution in [3.8, 4) is 5.75 Å². The van der Waals surface area contributed by atoms with Gasteiger partial charge in [-0.05, 0) is 25.3 Å². The molecule has 2 saturated carbocycles. The summed E-state index contributed by atoms with van der Waals surface area (Å²) in [6, 6.07) is 9.10. The molecule has 1 aromatic carbocycles. The largest absolute Gasteiger partial charge is 0.496 e. The quantitative estimate of drug-likeness (QED) is 0.906. The second-order valence-corrected chi connectivity index (χ2v) is 7.90. The fraction of sp³-hybridized carbons (Fsp3) is 0.684. The van der Waals surface area contributed by atoms with Gasteiger partial charge in [0.05, 0.1) is 13.2 Å². The summed E-state index contributed by atoms with van der Waals surface area (Å²) >= 11 is 0. The van der Waals surface area contributed by atoms with E-state index in [1.54, 1.807) is 7.11 Å². The van der Waals surface area contributed by atoms with Gasteiger partial charge in [-0.1, -0.05) is 32.0 Å². The van der Waals surface area contributed by atoms with E-state index in [9.17, 15) is 0 Å². The molecule has 4 rings (SSSR count). The Kier molecular flexibility index (Phi) is 3.28. The maximum atomic E-state index is 5.91. The smallest absolute Gasteiger partial charge is 0.122 e. The van der Waals surface area contributed by atoms with Gasteiger partial charge in [-0.15, -0.1) is 0 Å². The topological polar surface area (TPSA) is 30.5 Å². The molecule has 1 aromatic rings. The Morgan fingerprint density at radius 1 is 1.27 bits per heavy atom. The molecule has 0 radical (unpaired) electrons. The van der Waals surface area contributed by atoms with Crippen molar-refractivity contribution < 1.29 is 9.47 Å². The number of methoxy groups -OCH3 is 1. The Bertz CT molecular complexity index is 564. The van der Waals surface area contributed by atoms with Crippen LogP contribution >= 0.6 is 0 Å². The summed E-state index contributed by atoms with van der Waals surface area (Å²) in [4.78, 5) is 0. The van der Waals surface area contributed by atoms with Crippen molar-refractivity contribution in [1.29, 1.82) is 0 Å². The molecule has 3 heteroatoms. The molecule has 0 bridgehead atoms. The van der Waals surface area contributed by atoms with Gasteiger partial charge >= 0.3 is 0 Å². The van der Waals surface area contributed by atoms with Crippen molar-refractivity contribution >= 4 is 0 Å². The molecular formula is C19H27NO2. The van der Waals surface area contributed by atoms with Gasteiger partial charge < -0.3 is 14.8 Å². The van der Waals surface area contributed by atoms with Crippen LogP contribution in [0.4, 0.5) is 0 Å². The lowest BCUT2D eigenvalue weighted by atomic mass is 9.57. The predicted molar refractivity (Wildman–Crippen MR) is 87.3 cm³/mol. The monoisotopic (exact) mass is 301 g/mol. The van der Waals surface area contributed by atoms with E-state index in [4.69, 9.17) is 9.47 Å². The van der Waals surface area contributed by atoms with E-state index in [1.807, 2.05) is 0 Å². The molecule has 3 aliphatic rings. The van der Waals surface area contributed by atoms with E-state index in [2.05, 4.69) is 43.4 Å². The Morgan fingerprint density at radius 2 is 2.05 bits per heavy atom. The Labute approximate surface area is 133 Å². The summed E-state index contributed by atoms with van der Waals surface area (Å²) in [6.45, 7) is 6.69. The third-order valence-electron chi connectivity index (χ3n) is 6.29. The first-order valence-corrected chi connectivity index (χ1v) is 8.57. The van der Waals surface area contributed by atoms with Gasteiger partial charge in [-0.25, -0.2) is 0 Å². The van der Waals surface area contributed by atoms with Crippen molar-refractivity contribution in [2.24, 2.45) is 11.3 Å². The lowest BCUT2D eigenvalue weighted by molar-refractivity contribution is -0.112. The van der Waals surface area contributed by atoms with E-state index >= 15 is 0 Å². The van der Waals surface area contributed by atoms with Crippen LogP contribution in [0.3, 0.4) is 0 Å². The van der Waals surface area contributed by atoms with E-state index in [0.29, 0.717) is 18.1 Å². The molecule has 3 nitrogen and oxygen atoms in total. The highest BCUT2D eigenvalue weighted by molar-refractivity contribution is 5.43. The molecule has 1 saturated heterocycles. The van der Waals surface area contributed by atoms with Crippen LogP contribution in [-0.2, 0) is 10.2 Å². The zero-order chi connectivity index (χ0) is 15.4. The fourth-order valence-electron chi connectivity index (χ4n) is 4.82. The molecular weight excluding hydrogens is 274 g/mol. The van der Waals surface area contributed by atoms with Crippen molar-refractivity contribution in [2.45, 2.75) is 50.7 Å². The fourth-order valence-corrected chi connectivity index (χ4v) is 4.82. The third kappa shape index (κ3) is 2.02. The first-order chi connectivity index (χ1) is 10.6. The van der Waals surface area contributed by atoms with Gasteiger partial charge in [0.2, 0.25) is 0 Å². The molecule has 3 fully saturated rings. The Balaban J connectivity index is 1.48. The molecule has 22 heavy (non-hydrogen) atoms. The molecule has 0 amide bonds. The van der Waals surface area contributed by atoms with Crippen LogP contribution < -0.4 is 10.1 Å². The first kappa shape index (κ1) is 14.5. The standard InChI is InChI=1S/C19H27NO2/c1-18(2)16(13-8-11-22-17(13)18)20-12-19(9-10-19)14-6-4-5-7-15(14)21-3/h4-7,13,16-17,20H,8-12H2,1-3H3/t13-,16+,17-/m0/s1. The van der Waals surface area contributed by atoms with Gasteiger partial charge in [0.1, 0.15) is 5.75 Å². The van der Waals surface area contributed by atoms with Gasteiger partial charge in [0.15, 0.2) is 0 Å². The molecule has 0 unspecified atom stereocenters. The van der Waals surface area contributed by atoms with Crippen molar-refractivity contribution in [3.63, 3.8) is 0 Å². The average Bonchev–Trinajstić information content (AvgIpc) is 3.17. The van der Waals surface area contributed by atoms with Gasteiger partial charge in [0, 0.05) is 41.5 Å². The minimum Gasteiger partial charge on any atom is -0.496 e. The van der Waals surface area contributed by atoms with Crippen LogP contribution in [0.25, 0.3) is 0 Å².